The molecule has 1 aromatic rings. The van der Waals surface area contributed by atoms with Crippen LogP contribution in [0.5, 0.6) is 0 Å². The third-order valence-corrected chi connectivity index (χ3v) is 2.62. The molecule has 0 atom stereocenters. The normalized spacial score (nSPS) is 14.9. The number of benzene rings is 1. The summed E-state index contributed by atoms with van der Waals surface area (Å²) in [6, 6.07) is 5.13. The van der Waals surface area contributed by atoms with Crippen molar-refractivity contribution in [3.63, 3.8) is 0 Å². The summed E-state index contributed by atoms with van der Waals surface area (Å²) >= 11 is 0. The lowest BCUT2D eigenvalue weighted by Crippen LogP contribution is -2.51. The van der Waals surface area contributed by atoms with Crippen molar-refractivity contribution < 1.29 is 19.3 Å². The van der Waals surface area contributed by atoms with E-state index in [2.05, 4.69) is 0 Å². The average molecular weight is 287 g/mol. The number of rotatable bonds is 3. The van der Waals surface area contributed by atoms with Gasteiger partial charge in [-0.05, 0) is 18.2 Å². The number of carbonyl (C=O) groups excluding carboxylic acids is 3. The van der Waals surface area contributed by atoms with Crippen LogP contribution in [-0.4, -0.2) is 22.8 Å². The fraction of sp³-hybridized carbons (Fsp3) is 0. The van der Waals surface area contributed by atoms with E-state index in [1.807, 2.05) is 10.6 Å². The van der Waals surface area contributed by atoms with Crippen LogP contribution in [0.15, 0.2) is 42.0 Å². The van der Waals surface area contributed by atoms with Crippen molar-refractivity contribution in [1.82, 2.24) is 10.6 Å². The summed E-state index contributed by atoms with van der Waals surface area (Å²) in [6.45, 7) is 0. The van der Waals surface area contributed by atoms with Crippen molar-refractivity contribution in [3.8, 4) is 0 Å². The van der Waals surface area contributed by atoms with E-state index in [1.54, 1.807) is 6.07 Å². The van der Waals surface area contributed by atoms with E-state index in [1.165, 1.54) is 36.4 Å². The molecule has 0 bridgehead atoms. The van der Waals surface area contributed by atoms with Crippen molar-refractivity contribution >= 4 is 29.6 Å². The Bertz CT molecular complexity index is 684. The highest BCUT2D eigenvalue weighted by molar-refractivity contribution is 6.29. The number of amides is 4. The summed E-state index contributed by atoms with van der Waals surface area (Å²) in [6.07, 6.45) is 3.89. The largest absolute Gasteiger partial charge is 0.328 e. The number of barbiturate groups is 1. The van der Waals surface area contributed by atoms with Crippen molar-refractivity contribution in [2.45, 2.75) is 0 Å². The lowest BCUT2D eigenvalue weighted by Gasteiger charge is -2.12. The Labute approximate surface area is 118 Å². The van der Waals surface area contributed by atoms with Gasteiger partial charge < -0.3 is 0 Å². The number of carbonyl (C=O) groups is 3. The predicted octanol–water partition coefficient (Wildman–Crippen LogP) is 0.900. The van der Waals surface area contributed by atoms with E-state index in [4.69, 9.17) is 0 Å². The highest BCUT2D eigenvalue weighted by atomic mass is 16.6. The Morgan fingerprint density at radius 3 is 2.29 bits per heavy atom. The molecule has 0 aromatic heterocycles. The Balaban J connectivity index is 2.24. The highest BCUT2D eigenvalue weighted by Crippen LogP contribution is 2.19. The van der Waals surface area contributed by atoms with Crippen molar-refractivity contribution in [2.24, 2.45) is 0 Å². The summed E-state index contributed by atoms with van der Waals surface area (Å²) in [5, 5.41) is 14.7. The van der Waals surface area contributed by atoms with Crippen LogP contribution >= 0.6 is 0 Å². The first kappa shape index (κ1) is 14.1. The molecule has 8 nitrogen and oxygen atoms in total. The molecule has 0 saturated carbocycles. The maximum atomic E-state index is 11.4. The van der Waals surface area contributed by atoms with E-state index in [-0.39, 0.29) is 11.3 Å². The van der Waals surface area contributed by atoms with Crippen LogP contribution in [0.3, 0.4) is 0 Å². The zero-order valence-electron chi connectivity index (χ0n) is 10.5. The highest BCUT2D eigenvalue weighted by Gasteiger charge is 2.26. The average Bonchev–Trinajstić information content (AvgIpc) is 2.42. The van der Waals surface area contributed by atoms with Crippen LogP contribution < -0.4 is 10.6 Å². The fourth-order valence-corrected chi connectivity index (χ4v) is 1.67. The van der Waals surface area contributed by atoms with Crippen molar-refractivity contribution in [3.05, 3.63) is 57.7 Å². The minimum Gasteiger partial charge on any atom is -0.273 e. The van der Waals surface area contributed by atoms with Gasteiger partial charge in [0.15, 0.2) is 0 Å². The van der Waals surface area contributed by atoms with Gasteiger partial charge in [-0.1, -0.05) is 18.2 Å². The molecule has 0 aliphatic carbocycles. The monoisotopic (exact) mass is 287 g/mol. The lowest BCUT2D eigenvalue weighted by molar-refractivity contribution is -0.385. The van der Waals surface area contributed by atoms with Crippen LogP contribution in [0.1, 0.15) is 5.56 Å². The van der Waals surface area contributed by atoms with Crippen molar-refractivity contribution in [1.29, 1.82) is 0 Å². The first-order chi connectivity index (χ1) is 9.99. The SMILES string of the molecule is O=C1NC(=O)C(=CC=Cc2ccccc2[N+](=O)[O-])C(=O)N1. The summed E-state index contributed by atoms with van der Waals surface area (Å²) in [5.41, 5.74) is -0.0311. The maximum Gasteiger partial charge on any atom is 0.328 e. The number of allylic oxidation sites excluding steroid dienone is 2. The minimum absolute atomic E-state index is 0.0973. The first-order valence-electron chi connectivity index (χ1n) is 5.77. The molecule has 4 amide bonds. The van der Waals surface area contributed by atoms with E-state index < -0.39 is 22.8 Å². The van der Waals surface area contributed by atoms with E-state index >= 15 is 0 Å². The van der Waals surface area contributed by atoms with Gasteiger partial charge in [-0.3, -0.25) is 30.3 Å². The molecule has 106 valence electrons. The third kappa shape index (κ3) is 3.18. The number of nitrogens with one attached hydrogen (secondary N) is 2. The standard InChI is InChI=1S/C13H9N3O5/c17-11-9(12(18)15-13(19)14-11)6-3-5-8-4-1-2-7-10(8)16(20)21/h1-7H,(H2,14,15,17,18,19). The van der Waals surface area contributed by atoms with Crippen LogP contribution in [0.25, 0.3) is 6.08 Å². The van der Waals surface area contributed by atoms with Gasteiger partial charge in [0.1, 0.15) is 5.57 Å². The fourth-order valence-electron chi connectivity index (χ4n) is 1.67. The summed E-state index contributed by atoms with van der Waals surface area (Å²) < 4.78 is 0. The molecule has 1 fully saturated rings. The zero-order chi connectivity index (χ0) is 15.4. The van der Waals surface area contributed by atoms with Gasteiger partial charge in [0.2, 0.25) is 0 Å². The van der Waals surface area contributed by atoms with Crippen LogP contribution in [0.4, 0.5) is 10.5 Å². The molecular formula is C13H9N3O5. The lowest BCUT2D eigenvalue weighted by atomic mass is 10.1. The molecule has 2 rings (SSSR count). The number of nitro benzene ring substituents is 1. The van der Waals surface area contributed by atoms with Crippen molar-refractivity contribution in [2.75, 3.05) is 0 Å². The zero-order valence-corrected chi connectivity index (χ0v) is 10.5. The number of hydrogen-bond acceptors (Lipinski definition) is 5. The van der Waals surface area contributed by atoms with E-state index in [9.17, 15) is 24.5 Å². The van der Waals surface area contributed by atoms with Gasteiger partial charge >= 0.3 is 6.03 Å². The van der Waals surface area contributed by atoms with Crippen LogP contribution in [0, 0.1) is 10.1 Å². The molecule has 1 aliphatic heterocycles. The van der Waals surface area contributed by atoms with Gasteiger partial charge in [0, 0.05) is 6.07 Å². The Kier molecular flexibility index (Phi) is 3.89. The molecule has 1 aliphatic rings. The topological polar surface area (TPSA) is 118 Å². The summed E-state index contributed by atoms with van der Waals surface area (Å²) in [4.78, 5) is 44.0. The quantitative estimate of drug-likeness (QED) is 0.370. The summed E-state index contributed by atoms with van der Waals surface area (Å²) in [5.74, 6) is -1.65. The second-order valence-corrected chi connectivity index (χ2v) is 3.99. The molecular weight excluding hydrogens is 278 g/mol. The van der Waals surface area contributed by atoms with Crippen LogP contribution in [-0.2, 0) is 9.59 Å². The molecule has 0 unspecified atom stereocenters. The van der Waals surface area contributed by atoms with E-state index in [0.29, 0.717) is 5.56 Å². The second kappa shape index (κ2) is 5.78. The smallest absolute Gasteiger partial charge is 0.273 e. The first-order valence-corrected chi connectivity index (χ1v) is 5.77. The van der Waals surface area contributed by atoms with Gasteiger partial charge in [-0.15, -0.1) is 0 Å². The Morgan fingerprint density at radius 2 is 1.67 bits per heavy atom. The predicted molar refractivity (Wildman–Crippen MR) is 71.9 cm³/mol. The summed E-state index contributed by atoms with van der Waals surface area (Å²) in [7, 11) is 0. The molecule has 8 heteroatoms. The molecule has 1 saturated heterocycles. The van der Waals surface area contributed by atoms with Gasteiger partial charge in [-0.25, -0.2) is 4.79 Å². The van der Waals surface area contributed by atoms with E-state index in [0.717, 1.165) is 0 Å². The minimum atomic E-state index is -0.884. The number of para-hydroxylation sites is 1. The van der Waals surface area contributed by atoms with Gasteiger partial charge in [0.25, 0.3) is 17.5 Å². The number of nitrogens with zero attached hydrogens (tertiary/aromatic N) is 1. The maximum absolute atomic E-state index is 11.4. The number of nitro groups is 1. The second-order valence-electron chi connectivity index (χ2n) is 3.99. The molecule has 2 N–H and O–H groups in total. The molecule has 0 spiro atoms. The van der Waals surface area contributed by atoms with Gasteiger partial charge in [0.05, 0.1) is 10.5 Å². The molecule has 21 heavy (non-hydrogen) atoms. The number of urea groups is 1. The van der Waals surface area contributed by atoms with Gasteiger partial charge in [-0.2, -0.15) is 0 Å². The molecule has 1 aromatic carbocycles. The molecule has 1 heterocycles. The van der Waals surface area contributed by atoms with Crippen LogP contribution in [0.2, 0.25) is 0 Å². The Hall–Kier alpha value is -3.29. The number of hydrogen-bond donors (Lipinski definition) is 2. The Morgan fingerprint density at radius 1 is 1.05 bits per heavy atom. The molecule has 0 radical (unpaired) electrons. The number of imide groups is 2. The third-order valence-electron chi connectivity index (χ3n) is 2.62.